The quantitative estimate of drug-likeness (QED) is 0.646. The van der Waals surface area contributed by atoms with Crippen molar-refractivity contribution in [2.75, 3.05) is 20.6 Å². The number of H-pyrrole nitrogens is 1. The SMILES string of the molecule is Cc1[nH]c2ccccc2c1C(=O)C(=O)NCC(=O)N(C)C. The standard InChI is InChI=1S/C15H17N3O3/c1-9-13(10-6-4-5-7-11(10)17-9)14(20)15(21)16-8-12(19)18(2)3/h4-7,17H,8H2,1-3H3,(H,16,21). The maximum Gasteiger partial charge on any atom is 0.292 e. The van der Waals surface area contributed by atoms with E-state index in [0.717, 1.165) is 5.52 Å². The van der Waals surface area contributed by atoms with Gasteiger partial charge in [-0.1, -0.05) is 18.2 Å². The van der Waals surface area contributed by atoms with Gasteiger partial charge in [0.05, 0.1) is 12.1 Å². The molecule has 1 aromatic heterocycles. The fourth-order valence-corrected chi connectivity index (χ4v) is 2.08. The Morgan fingerprint density at radius 3 is 2.52 bits per heavy atom. The summed E-state index contributed by atoms with van der Waals surface area (Å²) in [6.45, 7) is 1.55. The highest BCUT2D eigenvalue weighted by molar-refractivity contribution is 6.45. The second-order valence-electron chi connectivity index (χ2n) is 4.97. The number of nitrogens with zero attached hydrogens (tertiary/aromatic N) is 1. The van der Waals surface area contributed by atoms with Gasteiger partial charge in [-0.25, -0.2) is 0 Å². The highest BCUT2D eigenvalue weighted by Crippen LogP contribution is 2.22. The Labute approximate surface area is 122 Å². The number of ketones is 1. The van der Waals surface area contributed by atoms with Crippen molar-refractivity contribution in [3.8, 4) is 0 Å². The van der Waals surface area contributed by atoms with Crippen LogP contribution in [0.1, 0.15) is 16.1 Å². The maximum absolute atomic E-state index is 12.3. The zero-order valence-electron chi connectivity index (χ0n) is 12.2. The van der Waals surface area contributed by atoms with Crippen LogP contribution in [-0.2, 0) is 9.59 Å². The van der Waals surface area contributed by atoms with Crippen molar-refractivity contribution in [1.82, 2.24) is 15.2 Å². The lowest BCUT2D eigenvalue weighted by Gasteiger charge is -2.10. The molecule has 2 amide bonds. The van der Waals surface area contributed by atoms with Crippen LogP contribution in [0.5, 0.6) is 0 Å². The largest absolute Gasteiger partial charge is 0.358 e. The molecule has 1 heterocycles. The normalized spacial score (nSPS) is 10.4. The number of hydrogen-bond acceptors (Lipinski definition) is 3. The van der Waals surface area contributed by atoms with Gasteiger partial charge in [-0.3, -0.25) is 14.4 Å². The first-order chi connectivity index (χ1) is 9.91. The Morgan fingerprint density at radius 1 is 1.19 bits per heavy atom. The molecule has 6 heteroatoms. The van der Waals surface area contributed by atoms with Gasteiger partial charge in [0.15, 0.2) is 0 Å². The van der Waals surface area contributed by atoms with Crippen LogP contribution in [0.2, 0.25) is 0 Å². The molecule has 0 aliphatic carbocycles. The first-order valence-electron chi connectivity index (χ1n) is 6.51. The molecule has 0 bridgehead atoms. The smallest absolute Gasteiger partial charge is 0.292 e. The summed E-state index contributed by atoms with van der Waals surface area (Å²) < 4.78 is 0. The highest BCUT2D eigenvalue weighted by Gasteiger charge is 2.22. The molecule has 0 fully saturated rings. The third kappa shape index (κ3) is 2.94. The number of likely N-dealkylation sites (N-methyl/N-ethyl adjacent to an activating group) is 1. The second kappa shape index (κ2) is 5.78. The van der Waals surface area contributed by atoms with Crippen LogP contribution in [0.4, 0.5) is 0 Å². The van der Waals surface area contributed by atoms with Crippen molar-refractivity contribution >= 4 is 28.5 Å². The molecular formula is C15H17N3O3. The zero-order chi connectivity index (χ0) is 15.6. The van der Waals surface area contributed by atoms with Gasteiger partial charge in [0.2, 0.25) is 5.91 Å². The maximum atomic E-state index is 12.3. The Kier molecular flexibility index (Phi) is 4.07. The average Bonchev–Trinajstić information content (AvgIpc) is 2.79. The van der Waals surface area contributed by atoms with Crippen LogP contribution < -0.4 is 5.32 Å². The third-order valence-corrected chi connectivity index (χ3v) is 3.23. The summed E-state index contributed by atoms with van der Waals surface area (Å²) >= 11 is 0. The number of benzene rings is 1. The van der Waals surface area contributed by atoms with E-state index in [-0.39, 0.29) is 12.5 Å². The van der Waals surface area contributed by atoms with E-state index in [1.165, 1.54) is 4.90 Å². The fraction of sp³-hybridized carbons (Fsp3) is 0.267. The number of hydrogen-bond donors (Lipinski definition) is 2. The van der Waals surface area contributed by atoms with Gasteiger partial charge in [0.25, 0.3) is 11.7 Å². The summed E-state index contributed by atoms with van der Waals surface area (Å²) in [5.74, 6) is -1.69. The summed E-state index contributed by atoms with van der Waals surface area (Å²) in [6, 6.07) is 7.28. The van der Waals surface area contributed by atoms with E-state index in [4.69, 9.17) is 0 Å². The topological polar surface area (TPSA) is 82.3 Å². The Balaban J connectivity index is 2.20. The van der Waals surface area contributed by atoms with Gasteiger partial charge in [0, 0.05) is 30.7 Å². The van der Waals surface area contributed by atoms with Crippen LogP contribution in [0.3, 0.4) is 0 Å². The van der Waals surface area contributed by atoms with E-state index in [9.17, 15) is 14.4 Å². The molecule has 1 aromatic carbocycles. The molecule has 0 saturated carbocycles. The number of fused-ring (bicyclic) bond motifs is 1. The number of para-hydroxylation sites is 1. The molecule has 2 N–H and O–H groups in total. The average molecular weight is 287 g/mol. The van der Waals surface area contributed by atoms with Crippen LogP contribution in [0.25, 0.3) is 10.9 Å². The molecule has 0 aliphatic heterocycles. The molecule has 2 rings (SSSR count). The molecule has 0 spiro atoms. The third-order valence-electron chi connectivity index (χ3n) is 3.23. The summed E-state index contributed by atoms with van der Waals surface area (Å²) in [5.41, 5.74) is 1.78. The summed E-state index contributed by atoms with van der Waals surface area (Å²) in [7, 11) is 3.17. The molecule has 0 radical (unpaired) electrons. The summed E-state index contributed by atoms with van der Waals surface area (Å²) in [4.78, 5) is 40.0. The van der Waals surface area contributed by atoms with E-state index in [1.807, 2.05) is 12.1 Å². The van der Waals surface area contributed by atoms with Crippen LogP contribution >= 0.6 is 0 Å². The van der Waals surface area contributed by atoms with Gasteiger partial charge in [-0.2, -0.15) is 0 Å². The molecule has 0 saturated heterocycles. The Morgan fingerprint density at radius 2 is 1.86 bits per heavy atom. The van der Waals surface area contributed by atoms with Crippen molar-refractivity contribution in [2.45, 2.75) is 6.92 Å². The molecular weight excluding hydrogens is 270 g/mol. The van der Waals surface area contributed by atoms with E-state index in [0.29, 0.717) is 16.6 Å². The minimum atomic E-state index is -0.780. The molecule has 6 nitrogen and oxygen atoms in total. The lowest BCUT2D eigenvalue weighted by molar-refractivity contribution is -0.129. The molecule has 2 aromatic rings. The second-order valence-corrected chi connectivity index (χ2v) is 4.97. The lowest BCUT2D eigenvalue weighted by Crippen LogP contribution is -2.39. The predicted molar refractivity (Wildman–Crippen MR) is 79.1 cm³/mol. The number of amides is 2. The molecule has 110 valence electrons. The van der Waals surface area contributed by atoms with E-state index in [2.05, 4.69) is 10.3 Å². The first-order valence-corrected chi connectivity index (χ1v) is 6.51. The Hall–Kier alpha value is -2.63. The molecule has 21 heavy (non-hydrogen) atoms. The fourth-order valence-electron chi connectivity index (χ4n) is 2.08. The number of aryl methyl sites for hydroxylation is 1. The van der Waals surface area contributed by atoms with Crippen LogP contribution in [0.15, 0.2) is 24.3 Å². The lowest BCUT2D eigenvalue weighted by atomic mass is 10.1. The van der Waals surface area contributed by atoms with E-state index in [1.54, 1.807) is 33.2 Å². The number of rotatable bonds is 4. The monoisotopic (exact) mass is 287 g/mol. The van der Waals surface area contributed by atoms with Crippen LogP contribution in [-0.4, -0.2) is 48.1 Å². The van der Waals surface area contributed by atoms with E-state index < -0.39 is 11.7 Å². The Bertz CT molecular complexity index is 716. The highest BCUT2D eigenvalue weighted by atomic mass is 16.2. The first kappa shape index (κ1) is 14.8. The van der Waals surface area contributed by atoms with Gasteiger partial charge >= 0.3 is 0 Å². The summed E-state index contributed by atoms with van der Waals surface area (Å²) in [6.07, 6.45) is 0. The van der Waals surface area contributed by atoms with Crippen molar-refractivity contribution in [2.24, 2.45) is 0 Å². The predicted octanol–water partition coefficient (Wildman–Crippen LogP) is 0.863. The number of aromatic nitrogens is 1. The molecule has 0 atom stereocenters. The molecule has 0 aliphatic rings. The van der Waals surface area contributed by atoms with Crippen LogP contribution in [0, 0.1) is 6.92 Å². The van der Waals surface area contributed by atoms with Gasteiger partial charge in [0.1, 0.15) is 0 Å². The number of carbonyl (C=O) groups is 3. The minimum absolute atomic E-state index is 0.195. The van der Waals surface area contributed by atoms with Crippen molar-refractivity contribution in [3.05, 3.63) is 35.5 Å². The number of nitrogens with one attached hydrogen (secondary N) is 2. The summed E-state index contributed by atoms with van der Waals surface area (Å²) in [5, 5.41) is 3.05. The molecule has 0 unspecified atom stereocenters. The zero-order valence-corrected chi connectivity index (χ0v) is 12.2. The number of Topliss-reactive ketones (excluding diaryl/α,β-unsaturated/α-hetero) is 1. The minimum Gasteiger partial charge on any atom is -0.358 e. The van der Waals surface area contributed by atoms with Crippen molar-refractivity contribution < 1.29 is 14.4 Å². The number of carbonyl (C=O) groups excluding carboxylic acids is 3. The van der Waals surface area contributed by atoms with Crippen molar-refractivity contribution in [1.29, 1.82) is 0 Å². The van der Waals surface area contributed by atoms with Gasteiger partial charge < -0.3 is 15.2 Å². The van der Waals surface area contributed by atoms with Gasteiger partial charge in [-0.05, 0) is 13.0 Å². The van der Waals surface area contributed by atoms with Gasteiger partial charge in [-0.15, -0.1) is 0 Å². The number of aromatic amines is 1. The van der Waals surface area contributed by atoms with E-state index >= 15 is 0 Å². The van der Waals surface area contributed by atoms with Crippen molar-refractivity contribution in [3.63, 3.8) is 0 Å².